The van der Waals surface area contributed by atoms with Crippen molar-refractivity contribution < 1.29 is 9.21 Å². The Labute approximate surface area is 167 Å². The topological polar surface area (TPSA) is 68.0 Å². The minimum Gasteiger partial charge on any atom is -0.451 e. The number of hydrogen-bond acceptors (Lipinski definition) is 5. The van der Waals surface area contributed by atoms with Gasteiger partial charge in [0.05, 0.1) is 0 Å². The highest BCUT2D eigenvalue weighted by molar-refractivity contribution is 7.98. The Bertz CT molecular complexity index is 1140. The van der Waals surface area contributed by atoms with Crippen molar-refractivity contribution in [3.8, 4) is 0 Å². The standard InChI is InChI=1S/C22H19N3O2S/c1-14-8-9-16(12-15(14)2)25-21(26)20-18(13-28-22-23-10-5-11-24-22)17-6-3-4-7-19(17)27-20/h3-12H,13H2,1-2H3,(H,25,26). The van der Waals surface area contributed by atoms with E-state index in [0.717, 1.165) is 22.2 Å². The minimum absolute atomic E-state index is 0.260. The molecule has 0 aliphatic heterocycles. The molecule has 4 rings (SSSR count). The van der Waals surface area contributed by atoms with E-state index in [1.54, 1.807) is 18.5 Å². The van der Waals surface area contributed by atoms with E-state index in [1.165, 1.54) is 17.3 Å². The first-order valence-corrected chi connectivity index (χ1v) is 9.89. The fraction of sp³-hybridized carbons (Fsp3) is 0.136. The van der Waals surface area contributed by atoms with Crippen molar-refractivity contribution in [3.05, 3.63) is 83.4 Å². The number of thioether (sulfide) groups is 1. The number of amides is 1. The Morgan fingerprint density at radius 3 is 2.61 bits per heavy atom. The molecule has 0 saturated heterocycles. The number of carbonyl (C=O) groups is 1. The number of carbonyl (C=O) groups excluding carboxylic acids is 1. The van der Waals surface area contributed by atoms with Gasteiger partial charge in [-0.25, -0.2) is 9.97 Å². The highest BCUT2D eigenvalue weighted by Gasteiger charge is 2.21. The van der Waals surface area contributed by atoms with E-state index in [4.69, 9.17) is 4.42 Å². The van der Waals surface area contributed by atoms with E-state index in [2.05, 4.69) is 15.3 Å². The number of hydrogen-bond donors (Lipinski definition) is 1. The lowest BCUT2D eigenvalue weighted by Gasteiger charge is -2.07. The summed E-state index contributed by atoms with van der Waals surface area (Å²) in [5.41, 5.74) is 4.59. The lowest BCUT2D eigenvalue weighted by Crippen LogP contribution is -2.13. The molecule has 2 aromatic carbocycles. The minimum atomic E-state index is -0.260. The number of furan rings is 1. The second kappa shape index (κ2) is 7.86. The summed E-state index contributed by atoms with van der Waals surface area (Å²) in [6, 6.07) is 15.3. The molecule has 28 heavy (non-hydrogen) atoms. The summed E-state index contributed by atoms with van der Waals surface area (Å²) < 4.78 is 5.91. The van der Waals surface area contributed by atoms with Crippen molar-refractivity contribution in [1.82, 2.24) is 9.97 Å². The molecule has 1 N–H and O–H groups in total. The van der Waals surface area contributed by atoms with Crippen molar-refractivity contribution in [2.24, 2.45) is 0 Å². The molecule has 4 aromatic rings. The van der Waals surface area contributed by atoms with E-state index in [0.29, 0.717) is 22.3 Å². The van der Waals surface area contributed by atoms with E-state index in [-0.39, 0.29) is 5.91 Å². The number of para-hydroxylation sites is 1. The zero-order valence-electron chi connectivity index (χ0n) is 15.6. The van der Waals surface area contributed by atoms with Crippen LogP contribution in [-0.4, -0.2) is 15.9 Å². The number of nitrogens with one attached hydrogen (secondary N) is 1. The molecule has 0 atom stereocenters. The zero-order chi connectivity index (χ0) is 19.5. The summed E-state index contributed by atoms with van der Waals surface area (Å²) in [6.45, 7) is 4.06. The van der Waals surface area contributed by atoms with E-state index >= 15 is 0 Å². The van der Waals surface area contributed by atoms with Gasteiger partial charge in [-0.3, -0.25) is 4.79 Å². The average Bonchev–Trinajstić information content (AvgIpc) is 3.09. The predicted octanol–water partition coefficient (Wildman–Crippen LogP) is 5.38. The fourth-order valence-electron chi connectivity index (χ4n) is 2.93. The van der Waals surface area contributed by atoms with Crippen molar-refractivity contribution in [3.63, 3.8) is 0 Å². The molecule has 0 aliphatic rings. The summed E-state index contributed by atoms with van der Waals surface area (Å²) in [7, 11) is 0. The first-order chi connectivity index (χ1) is 13.6. The molecule has 6 heteroatoms. The molecule has 0 spiro atoms. The van der Waals surface area contributed by atoms with Gasteiger partial charge in [0, 0.05) is 34.8 Å². The van der Waals surface area contributed by atoms with Crippen molar-refractivity contribution >= 4 is 34.3 Å². The van der Waals surface area contributed by atoms with Gasteiger partial charge in [-0.05, 0) is 49.2 Å². The summed E-state index contributed by atoms with van der Waals surface area (Å²) in [5, 5.41) is 4.54. The van der Waals surface area contributed by atoms with Gasteiger partial charge < -0.3 is 9.73 Å². The maximum absolute atomic E-state index is 13.0. The van der Waals surface area contributed by atoms with Crippen LogP contribution in [0.4, 0.5) is 5.69 Å². The third-order valence-corrected chi connectivity index (χ3v) is 5.46. The number of aromatic nitrogens is 2. The average molecular weight is 389 g/mol. The molecule has 140 valence electrons. The van der Waals surface area contributed by atoms with Crippen molar-refractivity contribution in [2.75, 3.05) is 5.32 Å². The second-order valence-electron chi connectivity index (χ2n) is 6.48. The number of benzene rings is 2. The largest absolute Gasteiger partial charge is 0.451 e. The van der Waals surface area contributed by atoms with Crippen LogP contribution >= 0.6 is 11.8 Å². The number of nitrogens with zero attached hydrogens (tertiary/aromatic N) is 2. The molecule has 0 aliphatic carbocycles. The molecular formula is C22H19N3O2S. The normalized spacial score (nSPS) is 10.9. The quantitative estimate of drug-likeness (QED) is 0.366. The predicted molar refractivity (Wildman–Crippen MR) is 112 cm³/mol. The molecule has 0 fully saturated rings. The highest BCUT2D eigenvalue weighted by Crippen LogP contribution is 2.31. The molecular weight excluding hydrogens is 370 g/mol. The maximum atomic E-state index is 13.0. The van der Waals surface area contributed by atoms with Gasteiger partial charge in [0.1, 0.15) is 5.58 Å². The summed E-state index contributed by atoms with van der Waals surface area (Å²) in [4.78, 5) is 21.4. The Balaban J connectivity index is 1.65. The van der Waals surface area contributed by atoms with Crippen LogP contribution in [0.15, 0.2) is 70.5 Å². The van der Waals surface area contributed by atoms with E-state index in [9.17, 15) is 4.79 Å². The monoisotopic (exact) mass is 389 g/mol. The van der Waals surface area contributed by atoms with Crippen LogP contribution in [0.25, 0.3) is 11.0 Å². The maximum Gasteiger partial charge on any atom is 0.291 e. The Kier molecular flexibility index (Phi) is 5.12. The molecule has 0 saturated carbocycles. The van der Waals surface area contributed by atoms with Crippen LogP contribution in [0.1, 0.15) is 27.2 Å². The van der Waals surface area contributed by atoms with Crippen molar-refractivity contribution in [2.45, 2.75) is 24.8 Å². The third kappa shape index (κ3) is 3.77. The lowest BCUT2D eigenvalue weighted by atomic mass is 10.1. The zero-order valence-corrected chi connectivity index (χ0v) is 16.4. The highest BCUT2D eigenvalue weighted by atomic mass is 32.2. The molecule has 0 radical (unpaired) electrons. The first kappa shape index (κ1) is 18.3. The number of anilines is 1. The lowest BCUT2D eigenvalue weighted by molar-refractivity contribution is 0.0998. The van der Waals surface area contributed by atoms with Gasteiger partial charge in [-0.2, -0.15) is 0 Å². The van der Waals surface area contributed by atoms with Gasteiger partial charge in [0.25, 0.3) is 5.91 Å². The second-order valence-corrected chi connectivity index (χ2v) is 7.42. The molecule has 1 amide bonds. The fourth-order valence-corrected chi connectivity index (χ4v) is 3.76. The molecule has 2 heterocycles. The Morgan fingerprint density at radius 2 is 1.82 bits per heavy atom. The molecule has 2 aromatic heterocycles. The van der Waals surface area contributed by atoms with Crippen LogP contribution in [0.5, 0.6) is 0 Å². The van der Waals surface area contributed by atoms with Crippen LogP contribution in [0, 0.1) is 13.8 Å². The van der Waals surface area contributed by atoms with Gasteiger partial charge in [-0.1, -0.05) is 36.0 Å². The Morgan fingerprint density at radius 1 is 1.04 bits per heavy atom. The smallest absolute Gasteiger partial charge is 0.291 e. The first-order valence-electron chi connectivity index (χ1n) is 8.90. The molecule has 5 nitrogen and oxygen atoms in total. The van der Waals surface area contributed by atoms with E-state index < -0.39 is 0 Å². The van der Waals surface area contributed by atoms with Crippen molar-refractivity contribution in [1.29, 1.82) is 0 Å². The summed E-state index contributed by atoms with van der Waals surface area (Å²) in [6.07, 6.45) is 3.41. The van der Waals surface area contributed by atoms with Gasteiger partial charge in [0.2, 0.25) is 0 Å². The van der Waals surface area contributed by atoms with Crippen LogP contribution in [0.3, 0.4) is 0 Å². The summed E-state index contributed by atoms with van der Waals surface area (Å²) >= 11 is 1.47. The van der Waals surface area contributed by atoms with Gasteiger partial charge in [0.15, 0.2) is 10.9 Å². The van der Waals surface area contributed by atoms with Gasteiger partial charge >= 0.3 is 0 Å². The Hall–Kier alpha value is -3.12. The summed E-state index contributed by atoms with van der Waals surface area (Å²) in [5.74, 6) is 0.600. The van der Waals surface area contributed by atoms with Crippen LogP contribution in [-0.2, 0) is 5.75 Å². The van der Waals surface area contributed by atoms with E-state index in [1.807, 2.05) is 56.3 Å². The number of rotatable bonds is 5. The van der Waals surface area contributed by atoms with Crippen LogP contribution < -0.4 is 5.32 Å². The number of aryl methyl sites for hydroxylation is 2. The van der Waals surface area contributed by atoms with Crippen LogP contribution in [0.2, 0.25) is 0 Å². The molecule has 0 unspecified atom stereocenters. The molecule has 0 bridgehead atoms. The third-order valence-electron chi connectivity index (χ3n) is 4.56. The number of fused-ring (bicyclic) bond motifs is 1. The SMILES string of the molecule is Cc1ccc(NC(=O)c2oc3ccccc3c2CSc2ncccn2)cc1C. The van der Waals surface area contributed by atoms with Gasteiger partial charge in [-0.15, -0.1) is 0 Å².